The Morgan fingerprint density at radius 3 is 2.11 bits per heavy atom. The Morgan fingerprint density at radius 2 is 1.53 bits per heavy atom. The largest absolute Gasteiger partial charge is 0.416 e. The summed E-state index contributed by atoms with van der Waals surface area (Å²) in [7, 11) is 0. The van der Waals surface area contributed by atoms with Gasteiger partial charge in [-0.3, -0.25) is 0 Å². The van der Waals surface area contributed by atoms with Gasteiger partial charge in [0.25, 0.3) is 0 Å². The summed E-state index contributed by atoms with van der Waals surface area (Å²) in [5.41, 5.74) is -0.341. The Hall–Kier alpha value is -1.55. The Kier molecular flexibility index (Phi) is 3.80. The van der Waals surface area contributed by atoms with Crippen molar-refractivity contribution in [2.45, 2.75) is 11.6 Å². The van der Waals surface area contributed by atoms with E-state index in [1.165, 1.54) is 0 Å². The summed E-state index contributed by atoms with van der Waals surface area (Å²) in [4.78, 5) is 0. The summed E-state index contributed by atoms with van der Waals surface area (Å²) in [5, 5.41) is -0.821. The molecule has 0 aliphatic heterocycles. The van der Waals surface area contributed by atoms with E-state index in [1.807, 2.05) is 0 Å². The molecule has 2 rings (SSSR count). The summed E-state index contributed by atoms with van der Waals surface area (Å²) in [6.07, 6.45) is -4.59. The van der Waals surface area contributed by atoms with E-state index in [9.17, 15) is 17.6 Å². The zero-order chi connectivity index (χ0) is 14.0. The predicted molar refractivity (Wildman–Crippen MR) is 65.5 cm³/mol. The number of hydrogen-bond donors (Lipinski definition) is 0. The van der Waals surface area contributed by atoms with Gasteiger partial charge in [0.1, 0.15) is 5.82 Å². The highest BCUT2D eigenvalue weighted by atomic mass is 35.5. The molecule has 0 fully saturated rings. The fourth-order valence-corrected chi connectivity index (χ4v) is 2.01. The molecule has 0 amide bonds. The van der Waals surface area contributed by atoms with Crippen LogP contribution in [0.25, 0.3) is 0 Å². The van der Waals surface area contributed by atoms with Gasteiger partial charge in [-0.2, -0.15) is 13.2 Å². The first-order chi connectivity index (χ1) is 8.88. The van der Waals surface area contributed by atoms with Crippen LogP contribution in [-0.2, 0) is 6.18 Å². The van der Waals surface area contributed by atoms with Crippen LogP contribution in [0.5, 0.6) is 0 Å². The molecule has 0 aromatic heterocycles. The van der Waals surface area contributed by atoms with E-state index in [2.05, 4.69) is 0 Å². The molecular formula is C14H9ClF4. The SMILES string of the molecule is Fc1cc(C(Cl)c2ccccc2)cc(C(F)(F)F)c1. The molecule has 0 radical (unpaired) electrons. The van der Waals surface area contributed by atoms with E-state index < -0.39 is 22.9 Å². The van der Waals surface area contributed by atoms with Crippen molar-refractivity contribution in [1.82, 2.24) is 0 Å². The third kappa shape index (κ3) is 3.26. The van der Waals surface area contributed by atoms with Gasteiger partial charge in [0.15, 0.2) is 0 Å². The van der Waals surface area contributed by atoms with Gasteiger partial charge in [0, 0.05) is 0 Å². The third-order valence-corrected chi connectivity index (χ3v) is 3.14. The van der Waals surface area contributed by atoms with Crippen LogP contribution in [0.1, 0.15) is 22.1 Å². The van der Waals surface area contributed by atoms with Crippen molar-refractivity contribution in [3.8, 4) is 0 Å². The molecule has 0 nitrogen and oxygen atoms in total. The maximum atomic E-state index is 13.3. The molecule has 19 heavy (non-hydrogen) atoms. The van der Waals surface area contributed by atoms with Gasteiger partial charge in [-0.15, -0.1) is 11.6 Å². The second kappa shape index (κ2) is 5.21. The first kappa shape index (κ1) is 13.9. The molecule has 0 aliphatic carbocycles. The normalized spacial score (nSPS) is 13.3. The van der Waals surface area contributed by atoms with Crippen LogP contribution in [0.3, 0.4) is 0 Å². The lowest BCUT2D eigenvalue weighted by atomic mass is 10.0. The van der Waals surface area contributed by atoms with Gasteiger partial charge in [0.05, 0.1) is 10.9 Å². The molecule has 0 saturated carbocycles. The Bertz CT molecular complexity index is 563. The second-order valence-electron chi connectivity index (χ2n) is 4.04. The van der Waals surface area contributed by atoms with Crippen molar-refractivity contribution in [2.75, 3.05) is 0 Å². The third-order valence-electron chi connectivity index (χ3n) is 2.63. The molecule has 0 saturated heterocycles. The first-order valence-corrected chi connectivity index (χ1v) is 5.88. The number of rotatable bonds is 2. The highest BCUT2D eigenvalue weighted by Gasteiger charge is 2.32. The van der Waals surface area contributed by atoms with E-state index in [0.29, 0.717) is 11.6 Å². The van der Waals surface area contributed by atoms with E-state index in [0.717, 1.165) is 12.1 Å². The topological polar surface area (TPSA) is 0 Å². The monoisotopic (exact) mass is 288 g/mol. The predicted octanol–water partition coefficient (Wildman–Crippen LogP) is 5.17. The molecule has 0 N–H and O–H groups in total. The highest BCUT2D eigenvalue weighted by Crippen LogP contribution is 2.35. The molecule has 0 bridgehead atoms. The molecule has 0 spiro atoms. The fourth-order valence-electron chi connectivity index (χ4n) is 1.74. The lowest BCUT2D eigenvalue weighted by Crippen LogP contribution is -2.07. The Morgan fingerprint density at radius 1 is 0.895 bits per heavy atom. The average molecular weight is 289 g/mol. The van der Waals surface area contributed by atoms with Crippen LogP contribution in [0, 0.1) is 5.82 Å². The Labute approximate surface area is 112 Å². The highest BCUT2D eigenvalue weighted by molar-refractivity contribution is 6.22. The van der Waals surface area contributed by atoms with Gasteiger partial charge in [-0.1, -0.05) is 30.3 Å². The second-order valence-corrected chi connectivity index (χ2v) is 4.48. The van der Waals surface area contributed by atoms with Crippen molar-refractivity contribution < 1.29 is 17.6 Å². The first-order valence-electron chi connectivity index (χ1n) is 5.44. The average Bonchev–Trinajstić information content (AvgIpc) is 2.37. The summed E-state index contributed by atoms with van der Waals surface area (Å²) in [6, 6.07) is 10.9. The standard InChI is InChI=1S/C14H9ClF4/c15-13(9-4-2-1-3-5-9)10-6-11(14(17,18)19)8-12(16)7-10/h1-8,13H. The van der Waals surface area contributed by atoms with Crippen molar-refractivity contribution in [2.24, 2.45) is 0 Å². The molecule has 1 unspecified atom stereocenters. The number of hydrogen-bond acceptors (Lipinski definition) is 0. The molecular weight excluding hydrogens is 280 g/mol. The Balaban J connectivity index is 2.43. The van der Waals surface area contributed by atoms with E-state index >= 15 is 0 Å². The fraction of sp³-hybridized carbons (Fsp3) is 0.143. The molecule has 5 heteroatoms. The molecule has 2 aromatic rings. The van der Waals surface area contributed by atoms with E-state index in [1.54, 1.807) is 30.3 Å². The van der Waals surface area contributed by atoms with Crippen LogP contribution in [-0.4, -0.2) is 0 Å². The smallest absolute Gasteiger partial charge is 0.207 e. The van der Waals surface area contributed by atoms with Crippen molar-refractivity contribution in [3.63, 3.8) is 0 Å². The van der Waals surface area contributed by atoms with E-state index in [-0.39, 0.29) is 5.56 Å². The molecule has 100 valence electrons. The lowest BCUT2D eigenvalue weighted by molar-refractivity contribution is -0.137. The number of alkyl halides is 4. The van der Waals surface area contributed by atoms with Crippen LogP contribution in [0.2, 0.25) is 0 Å². The number of halogens is 5. The van der Waals surface area contributed by atoms with Crippen LogP contribution >= 0.6 is 11.6 Å². The summed E-state index contributed by atoms with van der Waals surface area (Å²) >= 11 is 6.09. The summed E-state index contributed by atoms with van der Waals surface area (Å²) in [5.74, 6) is -0.952. The van der Waals surface area contributed by atoms with Gasteiger partial charge in [-0.05, 0) is 29.3 Å². The van der Waals surface area contributed by atoms with Gasteiger partial charge in [0.2, 0.25) is 0 Å². The van der Waals surface area contributed by atoms with Gasteiger partial charge >= 0.3 is 6.18 Å². The summed E-state index contributed by atoms with van der Waals surface area (Å²) < 4.78 is 51.1. The maximum absolute atomic E-state index is 13.3. The summed E-state index contributed by atoms with van der Waals surface area (Å²) in [6.45, 7) is 0. The zero-order valence-corrected chi connectivity index (χ0v) is 10.3. The molecule has 0 heterocycles. The quantitative estimate of drug-likeness (QED) is 0.528. The molecule has 2 aromatic carbocycles. The van der Waals surface area contributed by atoms with Crippen LogP contribution < -0.4 is 0 Å². The number of benzene rings is 2. The van der Waals surface area contributed by atoms with Crippen LogP contribution in [0.15, 0.2) is 48.5 Å². The van der Waals surface area contributed by atoms with Gasteiger partial charge < -0.3 is 0 Å². The van der Waals surface area contributed by atoms with Crippen molar-refractivity contribution in [3.05, 3.63) is 71.0 Å². The minimum atomic E-state index is -4.59. The van der Waals surface area contributed by atoms with Crippen LogP contribution in [0.4, 0.5) is 17.6 Å². The minimum Gasteiger partial charge on any atom is -0.207 e. The van der Waals surface area contributed by atoms with E-state index in [4.69, 9.17) is 11.6 Å². The van der Waals surface area contributed by atoms with Crippen molar-refractivity contribution >= 4 is 11.6 Å². The minimum absolute atomic E-state index is 0.0835. The maximum Gasteiger partial charge on any atom is 0.416 e. The van der Waals surface area contributed by atoms with Crippen molar-refractivity contribution in [1.29, 1.82) is 0 Å². The molecule has 1 atom stereocenters. The zero-order valence-electron chi connectivity index (χ0n) is 9.59. The van der Waals surface area contributed by atoms with Gasteiger partial charge in [-0.25, -0.2) is 4.39 Å². The lowest BCUT2D eigenvalue weighted by Gasteiger charge is -2.13. The molecule has 0 aliphatic rings.